The van der Waals surface area contributed by atoms with Gasteiger partial charge in [-0.25, -0.2) is 4.79 Å². The van der Waals surface area contributed by atoms with Gasteiger partial charge in [0.2, 0.25) is 0 Å². The molecule has 0 aliphatic heterocycles. The average molecular weight is 251 g/mol. The van der Waals surface area contributed by atoms with Crippen LogP contribution in [0.25, 0.3) is 0 Å². The lowest BCUT2D eigenvalue weighted by molar-refractivity contribution is 0.0600. The summed E-state index contributed by atoms with van der Waals surface area (Å²) >= 11 is 0. The van der Waals surface area contributed by atoms with Crippen molar-refractivity contribution in [2.45, 2.75) is 13.3 Å². The van der Waals surface area contributed by atoms with E-state index in [4.69, 9.17) is 5.11 Å². The first kappa shape index (κ1) is 14.7. The number of hydrogen-bond donors (Lipinski definition) is 1. The molecule has 0 aliphatic rings. The van der Waals surface area contributed by atoms with Crippen LogP contribution in [0.2, 0.25) is 0 Å². The normalized spacial score (nSPS) is 10.7. The van der Waals surface area contributed by atoms with Gasteiger partial charge in [-0.15, -0.1) is 0 Å². The van der Waals surface area contributed by atoms with Gasteiger partial charge >= 0.3 is 5.97 Å². The van der Waals surface area contributed by atoms with Crippen molar-refractivity contribution >= 4 is 5.97 Å². The summed E-state index contributed by atoms with van der Waals surface area (Å²) < 4.78 is 4.65. The highest BCUT2D eigenvalue weighted by Crippen LogP contribution is 2.07. The minimum absolute atomic E-state index is 0.190. The first-order chi connectivity index (χ1) is 8.71. The van der Waals surface area contributed by atoms with E-state index in [1.807, 2.05) is 12.1 Å². The number of likely N-dealkylation sites (N-methyl/N-ethyl adjacent to an activating group) is 1. The van der Waals surface area contributed by atoms with Crippen molar-refractivity contribution in [3.05, 3.63) is 35.4 Å². The molecule has 0 unspecified atom stereocenters. The van der Waals surface area contributed by atoms with E-state index in [1.54, 1.807) is 12.1 Å². The van der Waals surface area contributed by atoms with E-state index in [-0.39, 0.29) is 12.6 Å². The van der Waals surface area contributed by atoms with Crippen LogP contribution in [0.15, 0.2) is 24.3 Å². The molecule has 18 heavy (non-hydrogen) atoms. The predicted octanol–water partition coefficient (Wildman–Crippen LogP) is 1.33. The van der Waals surface area contributed by atoms with Crippen molar-refractivity contribution in [1.82, 2.24) is 4.90 Å². The second-order valence-corrected chi connectivity index (χ2v) is 4.10. The number of hydrogen-bond acceptors (Lipinski definition) is 4. The highest BCUT2D eigenvalue weighted by atomic mass is 16.5. The molecule has 0 bridgehead atoms. The first-order valence-electron chi connectivity index (χ1n) is 6.21. The number of carbonyl (C=O) groups is 1. The molecule has 0 radical (unpaired) electrons. The Balaban J connectivity index is 2.50. The van der Waals surface area contributed by atoms with Gasteiger partial charge in [0.15, 0.2) is 0 Å². The summed E-state index contributed by atoms with van der Waals surface area (Å²) in [5.41, 5.74) is 1.75. The fraction of sp³-hybridized carbons (Fsp3) is 0.500. The van der Waals surface area contributed by atoms with E-state index < -0.39 is 0 Å². The molecular weight excluding hydrogens is 230 g/mol. The van der Waals surface area contributed by atoms with Gasteiger partial charge in [-0.05, 0) is 30.7 Å². The summed E-state index contributed by atoms with van der Waals surface area (Å²) in [6.45, 7) is 4.82. The third kappa shape index (κ3) is 4.47. The van der Waals surface area contributed by atoms with Crippen LogP contribution >= 0.6 is 0 Å². The number of benzene rings is 1. The predicted molar refractivity (Wildman–Crippen MR) is 70.7 cm³/mol. The third-order valence-electron chi connectivity index (χ3n) is 2.96. The van der Waals surface area contributed by atoms with Crippen LogP contribution in [-0.2, 0) is 11.2 Å². The minimum atomic E-state index is -0.308. The molecule has 1 rings (SSSR count). The maximum absolute atomic E-state index is 11.3. The van der Waals surface area contributed by atoms with Gasteiger partial charge in [0.1, 0.15) is 0 Å². The number of aliphatic hydroxyl groups excluding tert-OH is 1. The molecule has 100 valence electrons. The molecule has 0 saturated heterocycles. The minimum Gasteiger partial charge on any atom is -0.465 e. The van der Waals surface area contributed by atoms with Gasteiger partial charge < -0.3 is 14.7 Å². The Kier molecular flexibility index (Phi) is 6.39. The van der Waals surface area contributed by atoms with Crippen LogP contribution in [0.3, 0.4) is 0 Å². The fourth-order valence-electron chi connectivity index (χ4n) is 1.78. The lowest BCUT2D eigenvalue weighted by Gasteiger charge is -2.18. The molecule has 4 heteroatoms. The monoisotopic (exact) mass is 251 g/mol. The molecule has 0 fully saturated rings. The number of ether oxygens (including phenoxy) is 1. The summed E-state index contributed by atoms with van der Waals surface area (Å²) in [7, 11) is 1.38. The van der Waals surface area contributed by atoms with Crippen molar-refractivity contribution in [3.8, 4) is 0 Å². The van der Waals surface area contributed by atoms with Crippen LogP contribution in [0.4, 0.5) is 0 Å². The molecule has 0 atom stereocenters. The van der Waals surface area contributed by atoms with Gasteiger partial charge in [-0.3, -0.25) is 0 Å². The number of nitrogens with zero attached hydrogens (tertiary/aromatic N) is 1. The van der Waals surface area contributed by atoms with Gasteiger partial charge in [-0.1, -0.05) is 19.1 Å². The average Bonchev–Trinajstić information content (AvgIpc) is 2.43. The van der Waals surface area contributed by atoms with Crippen molar-refractivity contribution in [1.29, 1.82) is 0 Å². The summed E-state index contributed by atoms with van der Waals surface area (Å²) in [6, 6.07) is 7.45. The van der Waals surface area contributed by atoms with Crippen LogP contribution in [0.1, 0.15) is 22.8 Å². The van der Waals surface area contributed by atoms with Crippen LogP contribution in [0, 0.1) is 0 Å². The topological polar surface area (TPSA) is 49.8 Å². The van der Waals surface area contributed by atoms with Crippen LogP contribution < -0.4 is 0 Å². The molecule has 1 N–H and O–H groups in total. The number of methoxy groups -OCH3 is 1. The molecule has 0 aliphatic carbocycles. The van der Waals surface area contributed by atoms with Crippen molar-refractivity contribution in [3.63, 3.8) is 0 Å². The van der Waals surface area contributed by atoms with E-state index in [0.717, 1.165) is 19.5 Å². The largest absolute Gasteiger partial charge is 0.465 e. The molecule has 1 aromatic rings. The SMILES string of the molecule is CCN(CCO)CCc1ccc(C(=O)OC)cc1. The summed E-state index contributed by atoms with van der Waals surface area (Å²) in [5.74, 6) is -0.308. The standard InChI is InChI=1S/C14H21NO3/c1-3-15(10-11-16)9-8-12-4-6-13(7-5-12)14(17)18-2/h4-7,16H,3,8-11H2,1-2H3. The summed E-state index contributed by atoms with van der Waals surface area (Å²) in [6.07, 6.45) is 0.912. The van der Waals surface area contributed by atoms with Gasteiger partial charge in [0.05, 0.1) is 19.3 Å². The first-order valence-corrected chi connectivity index (χ1v) is 6.21. The Morgan fingerprint density at radius 1 is 1.28 bits per heavy atom. The molecule has 4 nitrogen and oxygen atoms in total. The highest BCUT2D eigenvalue weighted by molar-refractivity contribution is 5.89. The maximum atomic E-state index is 11.3. The van der Waals surface area contributed by atoms with E-state index in [1.165, 1.54) is 12.7 Å². The number of esters is 1. The van der Waals surface area contributed by atoms with E-state index in [2.05, 4.69) is 16.6 Å². The molecule has 0 heterocycles. The zero-order chi connectivity index (χ0) is 13.4. The quantitative estimate of drug-likeness (QED) is 0.743. The highest BCUT2D eigenvalue weighted by Gasteiger charge is 2.05. The van der Waals surface area contributed by atoms with Crippen LogP contribution in [-0.4, -0.2) is 49.3 Å². The van der Waals surface area contributed by atoms with Gasteiger partial charge in [0, 0.05) is 13.1 Å². The Morgan fingerprint density at radius 2 is 1.94 bits per heavy atom. The Bertz CT molecular complexity index is 362. The molecule has 0 saturated carbocycles. The van der Waals surface area contributed by atoms with Crippen LogP contribution in [0.5, 0.6) is 0 Å². The van der Waals surface area contributed by atoms with E-state index >= 15 is 0 Å². The number of rotatable bonds is 7. The molecular formula is C14H21NO3. The zero-order valence-corrected chi connectivity index (χ0v) is 11.1. The van der Waals surface area contributed by atoms with Crippen molar-refractivity contribution in [2.24, 2.45) is 0 Å². The lowest BCUT2D eigenvalue weighted by atomic mass is 10.1. The summed E-state index contributed by atoms with van der Waals surface area (Å²) in [4.78, 5) is 13.5. The molecule has 1 aromatic carbocycles. The zero-order valence-electron chi connectivity index (χ0n) is 11.1. The number of aliphatic hydroxyl groups is 1. The van der Waals surface area contributed by atoms with Crippen molar-refractivity contribution in [2.75, 3.05) is 33.4 Å². The fourth-order valence-corrected chi connectivity index (χ4v) is 1.78. The molecule has 0 spiro atoms. The Morgan fingerprint density at radius 3 is 2.44 bits per heavy atom. The Labute approximate surface area is 108 Å². The van der Waals surface area contributed by atoms with Gasteiger partial charge in [0.25, 0.3) is 0 Å². The maximum Gasteiger partial charge on any atom is 0.337 e. The second-order valence-electron chi connectivity index (χ2n) is 4.10. The second kappa shape index (κ2) is 7.84. The van der Waals surface area contributed by atoms with E-state index in [0.29, 0.717) is 12.1 Å². The Hall–Kier alpha value is -1.39. The summed E-state index contributed by atoms with van der Waals surface area (Å²) in [5, 5.41) is 8.90. The number of carbonyl (C=O) groups excluding carboxylic acids is 1. The van der Waals surface area contributed by atoms with Gasteiger partial charge in [-0.2, -0.15) is 0 Å². The smallest absolute Gasteiger partial charge is 0.337 e. The molecule has 0 aromatic heterocycles. The lowest BCUT2D eigenvalue weighted by Crippen LogP contribution is -2.28. The van der Waals surface area contributed by atoms with E-state index in [9.17, 15) is 4.79 Å². The third-order valence-corrected chi connectivity index (χ3v) is 2.96. The molecule has 0 amide bonds. The van der Waals surface area contributed by atoms with Crippen molar-refractivity contribution < 1.29 is 14.6 Å².